The number of imidazole rings is 1. The lowest BCUT2D eigenvalue weighted by Gasteiger charge is -2.17. The molecular formula is C16H22N6O2S. The van der Waals surface area contributed by atoms with Crippen LogP contribution in [0.1, 0.15) is 17.9 Å². The molecule has 0 radical (unpaired) electrons. The molecule has 0 N–H and O–H groups in total. The summed E-state index contributed by atoms with van der Waals surface area (Å²) in [6, 6.07) is 1.65. The second-order valence-electron chi connectivity index (χ2n) is 6.10. The molecule has 0 saturated carbocycles. The van der Waals surface area contributed by atoms with E-state index in [1.165, 1.54) is 10.5 Å². The zero-order chi connectivity index (χ0) is 18.2. The third kappa shape index (κ3) is 3.29. The first-order valence-electron chi connectivity index (χ1n) is 8.04. The SMILES string of the molecule is Cc1nn(C)c2ncc(S(=O)(=O)N(C)CCCn3ccnc3C)cc12. The van der Waals surface area contributed by atoms with E-state index >= 15 is 0 Å². The van der Waals surface area contributed by atoms with Crippen LogP contribution < -0.4 is 0 Å². The van der Waals surface area contributed by atoms with Crippen molar-refractivity contribution >= 4 is 21.1 Å². The fourth-order valence-corrected chi connectivity index (χ4v) is 4.02. The number of nitrogens with zero attached hydrogens (tertiary/aromatic N) is 6. The average molecular weight is 362 g/mol. The number of hydrogen-bond acceptors (Lipinski definition) is 5. The minimum Gasteiger partial charge on any atom is -0.335 e. The molecule has 134 valence electrons. The standard InChI is InChI=1S/C16H22N6O2S/c1-12-15-10-14(11-18-16(15)21(4)19-12)25(23,24)20(3)7-5-8-22-9-6-17-13(22)2/h6,9-11H,5,7-8H2,1-4H3. The summed E-state index contributed by atoms with van der Waals surface area (Å²) in [7, 11) is -0.194. The lowest BCUT2D eigenvalue weighted by Crippen LogP contribution is -2.28. The van der Waals surface area contributed by atoms with Crippen LogP contribution in [0.5, 0.6) is 0 Å². The van der Waals surface area contributed by atoms with Crippen molar-refractivity contribution in [3.8, 4) is 0 Å². The van der Waals surface area contributed by atoms with Crippen LogP contribution in [-0.4, -0.2) is 50.6 Å². The minimum absolute atomic E-state index is 0.192. The van der Waals surface area contributed by atoms with Gasteiger partial charge in [0, 0.05) is 51.2 Å². The lowest BCUT2D eigenvalue weighted by atomic mass is 10.3. The van der Waals surface area contributed by atoms with Crippen molar-refractivity contribution in [1.82, 2.24) is 28.6 Å². The van der Waals surface area contributed by atoms with Gasteiger partial charge in [-0.2, -0.15) is 5.10 Å². The Kier molecular flexibility index (Phi) is 4.61. The first kappa shape index (κ1) is 17.6. The molecule has 0 bridgehead atoms. The predicted molar refractivity (Wildman–Crippen MR) is 94.6 cm³/mol. The highest BCUT2D eigenvalue weighted by Crippen LogP contribution is 2.21. The number of aryl methyl sites for hydroxylation is 4. The largest absolute Gasteiger partial charge is 0.335 e. The van der Waals surface area contributed by atoms with Crippen LogP contribution in [0.25, 0.3) is 11.0 Å². The van der Waals surface area contributed by atoms with Gasteiger partial charge >= 0.3 is 0 Å². The Morgan fingerprint density at radius 2 is 2.00 bits per heavy atom. The molecule has 9 heteroatoms. The Labute approximate surface area is 147 Å². The monoisotopic (exact) mass is 362 g/mol. The molecule has 3 rings (SSSR count). The number of fused-ring (bicyclic) bond motifs is 1. The van der Waals surface area contributed by atoms with Crippen LogP contribution in [0.4, 0.5) is 0 Å². The quantitative estimate of drug-likeness (QED) is 0.663. The number of sulfonamides is 1. The molecule has 0 aliphatic rings. The van der Waals surface area contributed by atoms with Gasteiger partial charge in [0.25, 0.3) is 0 Å². The number of hydrogen-bond donors (Lipinski definition) is 0. The van der Waals surface area contributed by atoms with Gasteiger partial charge in [-0.1, -0.05) is 0 Å². The lowest BCUT2D eigenvalue weighted by molar-refractivity contribution is 0.444. The van der Waals surface area contributed by atoms with E-state index in [1.54, 1.807) is 31.0 Å². The van der Waals surface area contributed by atoms with Crippen molar-refractivity contribution in [1.29, 1.82) is 0 Å². The number of pyridine rings is 1. The summed E-state index contributed by atoms with van der Waals surface area (Å²) in [4.78, 5) is 8.62. The molecule has 0 aliphatic heterocycles. The summed E-state index contributed by atoms with van der Waals surface area (Å²) < 4.78 is 30.6. The van der Waals surface area contributed by atoms with Crippen molar-refractivity contribution in [3.63, 3.8) is 0 Å². The summed E-state index contributed by atoms with van der Waals surface area (Å²) in [5.74, 6) is 0.923. The number of rotatable bonds is 6. The highest BCUT2D eigenvalue weighted by atomic mass is 32.2. The molecule has 25 heavy (non-hydrogen) atoms. The van der Waals surface area contributed by atoms with Crippen molar-refractivity contribution in [2.75, 3.05) is 13.6 Å². The van der Waals surface area contributed by atoms with E-state index in [2.05, 4.69) is 15.1 Å². The smallest absolute Gasteiger partial charge is 0.244 e. The molecule has 0 aromatic carbocycles. The fraction of sp³-hybridized carbons (Fsp3) is 0.438. The van der Waals surface area contributed by atoms with Crippen molar-refractivity contribution in [2.24, 2.45) is 7.05 Å². The topological polar surface area (TPSA) is 85.9 Å². The third-order valence-corrected chi connectivity index (χ3v) is 6.16. The van der Waals surface area contributed by atoms with Gasteiger partial charge < -0.3 is 4.57 Å². The van der Waals surface area contributed by atoms with Gasteiger partial charge in [-0.3, -0.25) is 4.68 Å². The normalized spacial score (nSPS) is 12.4. The molecule has 8 nitrogen and oxygen atoms in total. The molecule has 3 aromatic heterocycles. The van der Waals surface area contributed by atoms with E-state index in [4.69, 9.17) is 0 Å². The van der Waals surface area contributed by atoms with Gasteiger partial charge in [0.15, 0.2) is 5.65 Å². The molecular weight excluding hydrogens is 340 g/mol. The van der Waals surface area contributed by atoms with E-state index in [-0.39, 0.29) is 4.90 Å². The Bertz CT molecular complexity index is 1000. The van der Waals surface area contributed by atoms with Crippen LogP contribution in [0.3, 0.4) is 0 Å². The maximum atomic E-state index is 12.8. The van der Waals surface area contributed by atoms with Gasteiger partial charge in [-0.05, 0) is 26.3 Å². The van der Waals surface area contributed by atoms with Gasteiger partial charge in [-0.15, -0.1) is 0 Å². The summed E-state index contributed by atoms with van der Waals surface area (Å²) >= 11 is 0. The Balaban J connectivity index is 1.76. The Morgan fingerprint density at radius 1 is 1.24 bits per heavy atom. The second-order valence-corrected chi connectivity index (χ2v) is 8.14. The first-order chi connectivity index (χ1) is 11.8. The van der Waals surface area contributed by atoms with Crippen molar-refractivity contribution < 1.29 is 8.42 Å². The highest BCUT2D eigenvalue weighted by Gasteiger charge is 2.22. The molecule has 0 amide bonds. The second kappa shape index (κ2) is 6.57. The third-order valence-electron chi connectivity index (χ3n) is 4.34. The van der Waals surface area contributed by atoms with Gasteiger partial charge in [0.1, 0.15) is 10.7 Å². The fourth-order valence-electron chi connectivity index (χ4n) is 2.83. The van der Waals surface area contributed by atoms with Crippen molar-refractivity contribution in [3.05, 3.63) is 36.2 Å². The molecule has 0 spiro atoms. The first-order valence-corrected chi connectivity index (χ1v) is 9.48. The van der Waals surface area contributed by atoms with Crippen LogP contribution in [0.2, 0.25) is 0 Å². The Morgan fingerprint density at radius 3 is 2.68 bits per heavy atom. The molecule has 0 atom stereocenters. The maximum absolute atomic E-state index is 12.8. The zero-order valence-corrected chi connectivity index (χ0v) is 15.7. The van der Waals surface area contributed by atoms with Crippen molar-refractivity contribution in [2.45, 2.75) is 31.7 Å². The maximum Gasteiger partial charge on any atom is 0.244 e. The zero-order valence-electron chi connectivity index (χ0n) is 14.8. The van der Waals surface area contributed by atoms with E-state index in [1.807, 2.05) is 24.6 Å². The summed E-state index contributed by atoms with van der Waals surface area (Å²) in [5, 5.41) is 5.04. The molecule has 0 aliphatic carbocycles. The highest BCUT2D eigenvalue weighted by molar-refractivity contribution is 7.89. The average Bonchev–Trinajstić information content (AvgIpc) is 3.10. The van der Waals surface area contributed by atoms with Gasteiger partial charge in [0.2, 0.25) is 10.0 Å². The van der Waals surface area contributed by atoms with Crippen LogP contribution in [-0.2, 0) is 23.6 Å². The molecule has 3 aromatic rings. The molecule has 0 unspecified atom stereocenters. The number of aromatic nitrogens is 5. The summed E-state index contributed by atoms with van der Waals surface area (Å²) in [6.07, 6.45) is 5.74. The minimum atomic E-state index is -3.58. The molecule has 0 fully saturated rings. The van der Waals surface area contributed by atoms with Crippen LogP contribution in [0.15, 0.2) is 29.6 Å². The summed E-state index contributed by atoms with van der Waals surface area (Å²) in [5.41, 5.74) is 1.44. The van der Waals surface area contributed by atoms with E-state index in [0.717, 1.165) is 23.4 Å². The van der Waals surface area contributed by atoms with E-state index in [0.29, 0.717) is 18.6 Å². The predicted octanol–water partition coefficient (Wildman–Crippen LogP) is 1.49. The molecule has 3 heterocycles. The Hall–Kier alpha value is -2.26. The van der Waals surface area contributed by atoms with Gasteiger partial charge in [0.05, 0.1) is 5.69 Å². The summed E-state index contributed by atoms with van der Waals surface area (Å²) in [6.45, 7) is 4.92. The van der Waals surface area contributed by atoms with E-state index in [9.17, 15) is 8.42 Å². The van der Waals surface area contributed by atoms with E-state index < -0.39 is 10.0 Å². The van der Waals surface area contributed by atoms with Crippen LogP contribution >= 0.6 is 0 Å². The van der Waals surface area contributed by atoms with Crippen LogP contribution in [0, 0.1) is 13.8 Å². The molecule has 0 saturated heterocycles. The van der Waals surface area contributed by atoms with Gasteiger partial charge in [-0.25, -0.2) is 22.7 Å².